The summed E-state index contributed by atoms with van der Waals surface area (Å²) < 4.78 is 8.95. The van der Waals surface area contributed by atoms with E-state index in [1.807, 2.05) is 0 Å². The first kappa shape index (κ1) is 14.2. The van der Waals surface area contributed by atoms with E-state index in [1.54, 1.807) is 6.92 Å². The molecule has 0 amide bonds. The monoisotopic (exact) mass is 230 g/mol. The first-order chi connectivity index (χ1) is 7.44. The molecule has 0 aromatic carbocycles. The number of hydrogen-bond donors (Lipinski definition) is 1. The van der Waals surface area contributed by atoms with Crippen LogP contribution in [-0.2, 0) is 23.9 Å². The van der Waals surface area contributed by atoms with Gasteiger partial charge in [-0.1, -0.05) is 19.9 Å². The van der Waals surface area contributed by atoms with Crippen molar-refractivity contribution in [2.24, 2.45) is 0 Å². The third-order valence-corrected chi connectivity index (χ3v) is 1.90. The van der Waals surface area contributed by atoms with E-state index in [4.69, 9.17) is 5.11 Å². The second-order valence-electron chi connectivity index (χ2n) is 3.00. The van der Waals surface area contributed by atoms with Crippen molar-refractivity contribution in [2.75, 3.05) is 7.11 Å². The van der Waals surface area contributed by atoms with Gasteiger partial charge in [0.1, 0.15) is 0 Å². The van der Waals surface area contributed by atoms with Gasteiger partial charge in [-0.15, -0.1) is 0 Å². The predicted octanol–water partition coefficient (Wildman–Crippen LogP) is 0.512. The molecule has 0 aliphatic rings. The van der Waals surface area contributed by atoms with Crippen LogP contribution in [0.1, 0.15) is 19.8 Å². The Labute approximate surface area is 92.8 Å². The fourth-order valence-corrected chi connectivity index (χ4v) is 1.16. The summed E-state index contributed by atoms with van der Waals surface area (Å²) in [5.41, 5.74) is -2.28. The maximum absolute atomic E-state index is 11.4. The van der Waals surface area contributed by atoms with Crippen molar-refractivity contribution in [3.63, 3.8) is 0 Å². The molecule has 1 N–H and O–H groups in total. The Morgan fingerprint density at radius 3 is 2.31 bits per heavy atom. The molecule has 1 atom stereocenters. The van der Waals surface area contributed by atoms with E-state index in [2.05, 4.69) is 16.1 Å². The van der Waals surface area contributed by atoms with Crippen LogP contribution < -0.4 is 0 Å². The van der Waals surface area contributed by atoms with Gasteiger partial charge in [-0.05, 0) is 0 Å². The highest BCUT2D eigenvalue weighted by molar-refractivity contribution is 6.05. The van der Waals surface area contributed by atoms with Gasteiger partial charge >= 0.3 is 23.5 Å². The molecule has 0 saturated carbocycles. The molecule has 0 aliphatic heterocycles. The Kier molecular flexibility index (Phi) is 5.21. The third-order valence-electron chi connectivity index (χ3n) is 1.90. The molecule has 6 nitrogen and oxygen atoms in total. The normalized spacial score (nSPS) is 13.4. The van der Waals surface area contributed by atoms with E-state index in [0.717, 1.165) is 13.2 Å². The van der Waals surface area contributed by atoms with Gasteiger partial charge in [0.25, 0.3) is 0 Å². The predicted molar refractivity (Wildman–Crippen MR) is 53.6 cm³/mol. The molecule has 0 fully saturated rings. The van der Waals surface area contributed by atoms with Crippen LogP contribution in [-0.4, -0.2) is 35.7 Å². The molecule has 0 rings (SSSR count). The summed E-state index contributed by atoms with van der Waals surface area (Å²) in [7, 11) is 1.03. The van der Waals surface area contributed by atoms with Crippen molar-refractivity contribution in [3.05, 3.63) is 12.7 Å². The minimum atomic E-state index is -2.28. The van der Waals surface area contributed by atoms with Gasteiger partial charge in [-0.3, -0.25) is 0 Å². The Morgan fingerprint density at radius 1 is 1.44 bits per heavy atom. The zero-order chi connectivity index (χ0) is 12.8. The van der Waals surface area contributed by atoms with Crippen LogP contribution in [0.5, 0.6) is 0 Å². The van der Waals surface area contributed by atoms with E-state index < -0.39 is 23.5 Å². The lowest BCUT2D eigenvalue weighted by atomic mass is 9.98. The first-order valence-electron chi connectivity index (χ1n) is 4.61. The van der Waals surface area contributed by atoms with Crippen LogP contribution in [0.3, 0.4) is 0 Å². The van der Waals surface area contributed by atoms with Crippen molar-refractivity contribution < 1.29 is 29.0 Å². The van der Waals surface area contributed by atoms with Crippen LogP contribution in [0.25, 0.3) is 0 Å². The molecule has 0 heterocycles. The Balaban J connectivity index is 5.24. The van der Waals surface area contributed by atoms with E-state index >= 15 is 0 Å². The average Bonchev–Trinajstić information content (AvgIpc) is 2.26. The molecule has 6 heteroatoms. The summed E-state index contributed by atoms with van der Waals surface area (Å²) in [5, 5.41) is 8.99. The smallest absolute Gasteiger partial charge is 0.362 e. The number of carboxylic acid groups (broad SMARTS) is 1. The summed E-state index contributed by atoms with van der Waals surface area (Å²) in [6, 6.07) is 0. The summed E-state index contributed by atoms with van der Waals surface area (Å²) in [6.45, 7) is 4.78. The number of aliphatic carboxylic acids is 1. The minimum absolute atomic E-state index is 0.158. The Morgan fingerprint density at radius 2 is 2.00 bits per heavy atom. The summed E-state index contributed by atoms with van der Waals surface area (Å²) >= 11 is 0. The fourth-order valence-electron chi connectivity index (χ4n) is 1.16. The molecule has 1 unspecified atom stereocenters. The van der Waals surface area contributed by atoms with Crippen LogP contribution >= 0.6 is 0 Å². The van der Waals surface area contributed by atoms with Gasteiger partial charge in [0, 0.05) is 12.5 Å². The maximum atomic E-state index is 11.4. The summed E-state index contributed by atoms with van der Waals surface area (Å²) in [5.74, 6) is -3.66. The Bertz CT molecular complexity index is 308. The zero-order valence-electron chi connectivity index (χ0n) is 9.19. The molecule has 0 aromatic heterocycles. The molecule has 0 aromatic rings. The number of rotatable bonds is 6. The lowest BCUT2D eigenvalue weighted by molar-refractivity contribution is -0.191. The van der Waals surface area contributed by atoms with Crippen LogP contribution in [0.2, 0.25) is 0 Å². The SMILES string of the molecule is C=CC(=O)OC(CCC)(C(=O)O)C(=O)OC. The van der Waals surface area contributed by atoms with Crippen molar-refractivity contribution >= 4 is 17.9 Å². The van der Waals surface area contributed by atoms with Crippen molar-refractivity contribution in [1.82, 2.24) is 0 Å². The van der Waals surface area contributed by atoms with Gasteiger partial charge in [0.2, 0.25) is 0 Å². The number of hydrogen-bond acceptors (Lipinski definition) is 5. The Hall–Kier alpha value is -1.85. The molecular weight excluding hydrogens is 216 g/mol. The third kappa shape index (κ3) is 2.82. The van der Waals surface area contributed by atoms with Crippen LogP contribution in [0, 0.1) is 0 Å². The van der Waals surface area contributed by atoms with Gasteiger partial charge in [-0.25, -0.2) is 14.4 Å². The van der Waals surface area contributed by atoms with E-state index in [1.165, 1.54) is 0 Å². The molecule has 0 radical (unpaired) electrons. The second kappa shape index (κ2) is 5.89. The topological polar surface area (TPSA) is 89.9 Å². The van der Waals surface area contributed by atoms with Crippen LogP contribution in [0.4, 0.5) is 0 Å². The lowest BCUT2D eigenvalue weighted by Crippen LogP contribution is -2.50. The number of carboxylic acids is 1. The van der Waals surface area contributed by atoms with Gasteiger partial charge in [0.15, 0.2) is 0 Å². The molecule has 0 saturated heterocycles. The maximum Gasteiger partial charge on any atom is 0.362 e. The largest absolute Gasteiger partial charge is 0.478 e. The van der Waals surface area contributed by atoms with Gasteiger partial charge < -0.3 is 14.6 Å². The lowest BCUT2D eigenvalue weighted by Gasteiger charge is -2.25. The zero-order valence-corrected chi connectivity index (χ0v) is 9.19. The van der Waals surface area contributed by atoms with Gasteiger partial charge in [0.05, 0.1) is 7.11 Å². The fraction of sp³-hybridized carbons (Fsp3) is 0.500. The minimum Gasteiger partial charge on any atom is -0.478 e. The summed E-state index contributed by atoms with van der Waals surface area (Å²) in [6.07, 6.45) is 0.969. The summed E-state index contributed by atoms with van der Waals surface area (Å²) in [4.78, 5) is 33.5. The van der Waals surface area contributed by atoms with E-state index in [9.17, 15) is 14.4 Å². The number of carbonyl (C=O) groups is 3. The number of carbonyl (C=O) groups excluding carboxylic acids is 2. The van der Waals surface area contributed by atoms with E-state index in [0.29, 0.717) is 6.42 Å². The van der Waals surface area contributed by atoms with Crippen molar-refractivity contribution in [1.29, 1.82) is 0 Å². The van der Waals surface area contributed by atoms with E-state index in [-0.39, 0.29) is 6.42 Å². The highest BCUT2D eigenvalue weighted by atomic mass is 16.6. The molecule has 90 valence electrons. The highest BCUT2D eigenvalue weighted by Gasteiger charge is 2.50. The first-order valence-corrected chi connectivity index (χ1v) is 4.61. The molecule has 16 heavy (non-hydrogen) atoms. The quantitative estimate of drug-likeness (QED) is 0.406. The number of methoxy groups -OCH3 is 1. The highest BCUT2D eigenvalue weighted by Crippen LogP contribution is 2.21. The van der Waals surface area contributed by atoms with Gasteiger partial charge in [-0.2, -0.15) is 0 Å². The van der Waals surface area contributed by atoms with Crippen molar-refractivity contribution in [2.45, 2.75) is 25.4 Å². The number of esters is 2. The molecular formula is C10H14O6. The number of ether oxygens (including phenoxy) is 2. The van der Waals surface area contributed by atoms with Crippen molar-refractivity contribution in [3.8, 4) is 0 Å². The molecule has 0 aliphatic carbocycles. The molecule has 0 spiro atoms. The molecule has 0 bridgehead atoms. The average molecular weight is 230 g/mol. The second-order valence-corrected chi connectivity index (χ2v) is 3.00. The van der Waals surface area contributed by atoms with Crippen LogP contribution in [0.15, 0.2) is 12.7 Å². The standard InChI is InChI=1S/C10H14O6/c1-4-6-10(8(12)13,9(14)15-3)16-7(11)5-2/h5H,2,4,6H2,1,3H3,(H,12,13).